The second-order valence-corrected chi connectivity index (χ2v) is 5.72. The van der Waals surface area contributed by atoms with Gasteiger partial charge >= 0.3 is 0 Å². The van der Waals surface area contributed by atoms with Gasteiger partial charge in [-0.3, -0.25) is 4.79 Å². The van der Waals surface area contributed by atoms with Crippen molar-refractivity contribution in [1.82, 2.24) is 0 Å². The molecule has 1 saturated carbocycles. The summed E-state index contributed by atoms with van der Waals surface area (Å²) in [5, 5.41) is 3.07. The summed E-state index contributed by atoms with van der Waals surface area (Å²) in [5.74, 6) is 0.692. The lowest BCUT2D eigenvalue weighted by Gasteiger charge is -2.44. The van der Waals surface area contributed by atoms with Crippen LogP contribution in [0.2, 0.25) is 0 Å². The summed E-state index contributed by atoms with van der Waals surface area (Å²) in [7, 11) is 0. The highest BCUT2D eigenvalue weighted by molar-refractivity contribution is 5.97. The van der Waals surface area contributed by atoms with Crippen LogP contribution in [-0.4, -0.2) is 12.5 Å². The number of carbonyl (C=O) groups is 1. The Morgan fingerprint density at radius 3 is 2.39 bits per heavy atom. The van der Waals surface area contributed by atoms with Crippen LogP contribution < -0.4 is 11.1 Å². The molecule has 0 bridgehead atoms. The fourth-order valence-corrected chi connectivity index (χ4v) is 2.98. The molecule has 0 unspecified atom stereocenters. The Labute approximate surface area is 109 Å². The minimum Gasteiger partial charge on any atom is -0.329 e. The van der Waals surface area contributed by atoms with Crippen molar-refractivity contribution in [2.24, 2.45) is 17.1 Å². The van der Waals surface area contributed by atoms with Gasteiger partial charge < -0.3 is 11.1 Å². The quantitative estimate of drug-likeness (QED) is 0.861. The zero-order valence-electron chi connectivity index (χ0n) is 11.4. The molecule has 3 heteroatoms. The topological polar surface area (TPSA) is 55.1 Å². The third kappa shape index (κ3) is 2.15. The standard InChI is InChI=1S/C15H22N2O/c1-10-7-15(8-10,9-16)14(18)17-13-11(2)5-4-6-12(13)3/h4-6,10H,7-9,16H2,1-3H3,(H,17,18). The van der Waals surface area contributed by atoms with Gasteiger partial charge in [-0.2, -0.15) is 0 Å². The molecule has 3 nitrogen and oxygen atoms in total. The van der Waals surface area contributed by atoms with E-state index in [1.165, 1.54) is 0 Å². The number of aryl methyl sites for hydroxylation is 2. The van der Waals surface area contributed by atoms with Crippen LogP contribution >= 0.6 is 0 Å². The molecular weight excluding hydrogens is 224 g/mol. The summed E-state index contributed by atoms with van der Waals surface area (Å²) in [5.41, 5.74) is 8.60. The maximum atomic E-state index is 12.4. The van der Waals surface area contributed by atoms with Crippen LogP contribution in [0.5, 0.6) is 0 Å². The number of benzene rings is 1. The van der Waals surface area contributed by atoms with Gasteiger partial charge in [0, 0.05) is 12.2 Å². The van der Waals surface area contributed by atoms with Crippen LogP contribution in [0.25, 0.3) is 0 Å². The molecular formula is C15H22N2O. The monoisotopic (exact) mass is 246 g/mol. The van der Waals surface area contributed by atoms with E-state index in [4.69, 9.17) is 5.73 Å². The normalized spacial score (nSPS) is 26.6. The number of rotatable bonds is 3. The molecule has 2 rings (SSSR count). The lowest BCUT2D eigenvalue weighted by atomic mass is 9.62. The molecule has 1 aliphatic rings. The van der Waals surface area contributed by atoms with Crippen LogP contribution in [0.1, 0.15) is 30.9 Å². The number of nitrogens with two attached hydrogens (primary N) is 1. The first-order valence-electron chi connectivity index (χ1n) is 6.56. The van der Waals surface area contributed by atoms with E-state index < -0.39 is 0 Å². The number of anilines is 1. The van der Waals surface area contributed by atoms with Gasteiger partial charge in [-0.25, -0.2) is 0 Å². The van der Waals surface area contributed by atoms with E-state index in [1.807, 2.05) is 32.0 Å². The van der Waals surface area contributed by atoms with Crippen molar-refractivity contribution in [3.05, 3.63) is 29.3 Å². The smallest absolute Gasteiger partial charge is 0.231 e. The second kappa shape index (κ2) is 4.73. The Balaban J connectivity index is 2.17. The first-order chi connectivity index (χ1) is 8.48. The third-order valence-corrected chi connectivity index (χ3v) is 4.07. The number of nitrogens with one attached hydrogen (secondary N) is 1. The molecule has 0 radical (unpaired) electrons. The maximum Gasteiger partial charge on any atom is 0.231 e. The molecule has 0 aliphatic heterocycles. The van der Waals surface area contributed by atoms with Crippen LogP contribution in [0.4, 0.5) is 5.69 Å². The maximum absolute atomic E-state index is 12.4. The molecule has 1 aliphatic carbocycles. The summed E-state index contributed by atoms with van der Waals surface area (Å²) >= 11 is 0. The van der Waals surface area contributed by atoms with Crippen molar-refractivity contribution in [2.75, 3.05) is 11.9 Å². The summed E-state index contributed by atoms with van der Waals surface area (Å²) in [6, 6.07) is 6.03. The van der Waals surface area contributed by atoms with Gasteiger partial charge in [-0.15, -0.1) is 0 Å². The van der Waals surface area contributed by atoms with Crippen LogP contribution in [-0.2, 0) is 4.79 Å². The zero-order chi connectivity index (χ0) is 13.3. The first-order valence-corrected chi connectivity index (χ1v) is 6.56. The number of carbonyl (C=O) groups excluding carboxylic acids is 1. The Hall–Kier alpha value is -1.35. The van der Waals surface area contributed by atoms with Gasteiger partial charge in [0.25, 0.3) is 0 Å². The number of hydrogen-bond donors (Lipinski definition) is 2. The van der Waals surface area contributed by atoms with E-state index in [1.54, 1.807) is 0 Å². The Morgan fingerprint density at radius 1 is 1.39 bits per heavy atom. The van der Waals surface area contributed by atoms with E-state index >= 15 is 0 Å². The summed E-state index contributed by atoms with van der Waals surface area (Å²) in [4.78, 5) is 12.4. The molecule has 0 aromatic heterocycles. The van der Waals surface area contributed by atoms with Crippen LogP contribution in [0.3, 0.4) is 0 Å². The Kier molecular flexibility index (Phi) is 3.44. The fourth-order valence-electron chi connectivity index (χ4n) is 2.98. The van der Waals surface area contributed by atoms with Crippen molar-refractivity contribution in [1.29, 1.82) is 0 Å². The highest BCUT2D eigenvalue weighted by atomic mass is 16.2. The van der Waals surface area contributed by atoms with Crippen LogP contribution in [0, 0.1) is 25.2 Å². The highest BCUT2D eigenvalue weighted by Gasteiger charge is 2.47. The van der Waals surface area contributed by atoms with Crippen LogP contribution in [0.15, 0.2) is 18.2 Å². The Bertz CT molecular complexity index is 441. The minimum atomic E-state index is -0.339. The summed E-state index contributed by atoms with van der Waals surface area (Å²) in [6.07, 6.45) is 1.81. The predicted molar refractivity (Wildman–Crippen MR) is 74.4 cm³/mol. The summed E-state index contributed by atoms with van der Waals surface area (Å²) < 4.78 is 0. The molecule has 0 saturated heterocycles. The van der Waals surface area contributed by atoms with Crippen molar-refractivity contribution in [2.45, 2.75) is 33.6 Å². The SMILES string of the molecule is Cc1cccc(C)c1NC(=O)C1(CN)CC(C)C1. The number of para-hydroxylation sites is 1. The number of amides is 1. The van der Waals surface area contributed by atoms with Gasteiger partial charge in [-0.1, -0.05) is 25.1 Å². The molecule has 1 amide bonds. The molecule has 18 heavy (non-hydrogen) atoms. The molecule has 0 atom stereocenters. The lowest BCUT2D eigenvalue weighted by molar-refractivity contribution is -0.132. The van der Waals surface area contributed by atoms with Crippen molar-refractivity contribution in [3.8, 4) is 0 Å². The highest BCUT2D eigenvalue weighted by Crippen LogP contribution is 2.45. The molecule has 0 spiro atoms. The van der Waals surface area contributed by atoms with Gasteiger partial charge in [0.05, 0.1) is 5.41 Å². The first kappa shape index (κ1) is 13.1. The second-order valence-electron chi connectivity index (χ2n) is 5.72. The Morgan fingerprint density at radius 2 is 1.94 bits per heavy atom. The van der Waals surface area contributed by atoms with Crippen molar-refractivity contribution >= 4 is 11.6 Å². The van der Waals surface area contributed by atoms with Crippen molar-refractivity contribution in [3.63, 3.8) is 0 Å². The van der Waals surface area contributed by atoms with E-state index in [0.717, 1.165) is 29.7 Å². The van der Waals surface area contributed by atoms with E-state index in [2.05, 4.69) is 12.2 Å². The van der Waals surface area contributed by atoms with Crippen molar-refractivity contribution < 1.29 is 4.79 Å². The molecule has 1 aromatic carbocycles. The predicted octanol–water partition coefficient (Wildman–Crippen LogP) is 2.62. The zero-order valence-corrected chi connectivity index (χ0v) is 11.4. The van der Waals surface area contributed by atoms with Gasteiger partial charge in [0.15, 0.2) is 0 Å². The van der Waals surface area contributed by atoms with E-state index in [-0.39, 0.29) is 11.3 Å². The molecule has 1 fully saturated rings. The average Bonchev–Trinajstić information content (AvgIpc) is 2.29. The number of hydrogen-bond acceptors (Lipinski definition) is 2. The minimum absolute atomic E-state index is 0.0838. The van der Waals surface area contributed by atoms with Gasteiger partial charge in [0.2, 0.25) is 5.91 Å². The fraction of sp³-hybridized carbons (Fsp3) is 0.533. The molecule has 0 heterocycles. The van der Waals surface area contributed by atoms with Gasteiger partial charge in [-0.05, 0) is 43.7 Å². The molecule has 1 aromatic rings. The van der Waals surface area contributed by atoms with E-state index in [0.29, 0.717) is 12.5 Å². The van der Waals surface area contributed by atoms with E-state index in [9.17, 15) is 4.79 Å². The summed E-state index contributed by atoms with van der Waals surface area (Å²) in [6.45, 7) is 6.64. The molecule has 98 valence electrons. The lowest BCUT2D eigenvalue weighted by Crippen LogP contribution is -2.51. The molecule has 3 N–H and O–H groups in total. The van der Waals surface area contributed by atoms with Gasteiger partial charge in [0.1, 0.15) is 0 Å². The third-order valence-electron chi connectivity index (χ3n) is 4.07. The largest absolute Gasteiger partial charge is 0.329 e. The average molecular weight is 246 g/mol.